The predicted molar refractivity (Wildman–Crippen MR) is 112 cm³/mol. The minimum Gasteiger partial charge on any atom is -0.207 e. The van der Waals surface area contributed by atoms with Crippen LogP contribution in [0, 0.1) is 57.1 Å². The molecule has 0 N–H and O–H groups in total. The van der Waals surface area contributed by atoms with Crippen molar-refractivity contribution in [2.75, 3.05) is 0 Å². The fourth-order valence-corrected chi connectivity index (χ4v) is 4.90. The molecule has 0 fully saturated rings. The second-order valence-corrected chi connectivity index (χ2v) is 7.62. The molecule has 0 heterocycles. The van der Waals surface area contributed by atoms with Gasteiger partial charge in [-0.15, -0.1) is 0 Å². The average molecular weight is 416 g/mol. The number of benzene rings is 2. The van der Waals surface area contributed by atoms with Gasteiger partial charge in [0.2, 0.25) is 0 Å². The van der Waals surface area contributed by atoms with Gasteiger partial charge in [-0.25, -0.2) is 8.78 Å². The molecule has 3 aliphatic rings. The van der Waals surface area contributed by atoms with Crippen molar-refractivity contribution in [3.63, 3.8) is 0 Å². The normalized spacial score (nSPS) is 18.8. The van der Waals surface area contributed by atoms with E-state index < -0.39 is 17.6 Å². The van der Waals surface area contributed by atoms with E-state index in [0.717, 1.165) is 11.1 Å². The molecule has 0 radical (unpaired) electrons. The van der Waals surface area contributed by atoms with Crippen molar-refractivity contribution in [2.24, 2.45) is 5.92 Å². The fraction of sp³-hybridized carbons (Fsp3) is 0.0769. The molecule has 0 aromatic heterocycles. The van der Waals surface area contributed by atoms with Gasteiger partial charge in [-0.1, -0.05) is 12.1 Å². The SMILES string of the molecule is N#CC(C#N)=C1c2cc(F)ccc2-c2cc3c(cc21)C(=C(C#N)C#N)C1C=C(F)C=CC31. The minimum absolute atomic E-state index is 0.120. The molecule has 2 aromatic rings. The largest absolute Gasteiger partial charge is 0.207 e. The Morgan fingerprint density at radius 2 is 1.41 bits per heavy atom. The molecule has 0 spiro atoms. The van der Waals surface area contributed by atoms with E-state index in [0.29, 0.717) is 33.4 Å². The first kappa shape index (κ1) is 19.2. The predicted octanol–water partition coefficient (Wildman–Crippen LogP) is 5.59. The Hall–Kier alpha value is -4.78. The molecule has 0 saturated carbocycles. The van der Waals surface area contributed by atoms with Gasteiger partial charge in [0.1, 0.15) is 47.1 Å². The van der Waals surface area contributed by atoms with Crippen LogP contribution in [-0.4, -0.2) is 0 Å². The first-order valence-electron chi connectivity index (χ1n) is 9.65. The molecule has 0 bridgehead atoms. The molecule has 5 rings (SSSR count). The summed E-state index contributed by atoms with van der Waals surface area (Å²) >= 11 is 0. The minimum atomic E-state index is -0.515. The van der Waals surface area contributed by atoms with E-state index in [4.69, 9.17) is 0 Å². The number of allylic oxidation sites excluding steroid dienone is 7. The lowest BCUT2D eigenvalue weighted by molar-refractivity contribution is 0.622. The van der Waals surface area contributed by atoms with Crippen molar-refractivity contribution in [3.05, 3.63) is 93.6 Å². The van der Waals surface area contributed by atoms with Gasteiger partial charge in [0.15, 0.2) is 0 Å². The lowest BCUT2D eigenvalue weighted by Gasteiger charge is -2.18. The van der Waals surface area contributed by atoms with E-state index >= 15 is 0 Å². The Balaban J connectivity index is 1.89. The molecular weight excluding hydrogens is 406 g/mol. The van der Waals surface area contributed by atoms with E-state index in [1.54, 1.807) is 18.2 Å². The Kier molecular flexibility index (Phi) is 4.13. The smallest absolute Gasteiger partial charge is 0.138 e. The van der Waals surface area contributed by atoms with Crippen LogP contribution in [-0.2, 0) is 0 Å². The summed E-state index contributed by atoms with van der Waals surface area (Å²) in [5.41, 5.74) is 4.21. The zero-order valence-corrected chi connectivity index (χ0v) is 16.3. The van der Waals surface area contributed by atoms with E-state index in [2.05, 4.69) is 0 Å². The summed E-state index contributed by atoms with van der Waals surface area (Å²) in [5.74, 6) is -1.73. The maximum absolute atomic E-state index is 14.1. The molecule has 0 amide bonds. The summed E-state index contributed by atoms with van der Waals surface area (Å²) in [6.07, 6.45) is 4.46. The van der Waals surface area contributed by atoms with Crippen LogP contribution in [0.1, 0.15) is 28.2 Å². The molecule has 0 aliphatic heterocycles. The summed E-state index contributed by atoms with van der Waals surface area (Å²) in [6, 6.07) is 15.4. The highest BCUT2D eigenvalue weighted by molar-refractivity contribution is 6.05. The van der Waals surface area contributed by atoms with Crippen LogP contribution in [0.4, 0.5) is 8.78 Å². The van der Waals surface area contributed by atoms with Crippen molar-refractivity contribution in [1.82, 2.24) is 0 Å². The highest BCUT2D eigenvalue weighted by Crippen LogP contribution is 2.55. The molecule has 0 saturated heterocycles. The number of nitriles is 4. The fourth-order valence-electron chi connectivity index (χ4n) is 4.90. The van der Waals surface area contributed by atoms with Crippen molar-refractivity contribution in [2.45, 2.75) is 5.92 Å². The van der Waals surface area contributed by atoms with E-state index in [1.807, 2.05) is 30.3 Å². The zero-order chi connectivity index (χ0) is 22.6. The molecule has 32 heavy (non-hydrogen) atoms. The van der Waals surface area contributed by atoms with Crippen LogP contribution >= 0.6 is 0 Å². The molecule has 2 aromatic carbocycles. The average Bonchev–Trinajstić information content (AvgIpc) is 3.26. The van der Waals surface area contributed by atoms with Crippen molar-refractivity contribution < 1.29 is 8.78 Å². The lowest BCUT2D eigenvalue weighted by Crippen LogP contribution is -2.06. The second-order valence-electron chi connectivity index (χ2n) is 7.62. The number of rotatable bonds is 0. The Morgan fingerprint density at radius 3 is 2.09 bits per heavy atom. The highest BCUT2D eigenvalue weighted by Gasteiger charge is 2.40. The zero-order valence-electron chi connectivity index (χ0n) is 16.3. The Labute approximate surface area is 182 Å². The molecular formula is C26H10F2N4. The maximum atomic E-state index is 14.1. The summed E-state index contributed by atoms with van der Waals surface area (Å²) in [5, 5.41) is 38.2. The van der Waals surface area contributed by atoms with Gasteiger partial charge in [0, 0.05) is 17.4 Å². The quantitative estimate of drug-likeness (QED) is 0.446. The molecule has 148 valence electrons. The van der Waals surface area contributed by atoms with Crippen molar-refractivity contribution in [1.29, 1.82) is 21.0 Å². The van der Waals surface area contributed by atoms with Gasteiger partial charge in [-0.2, -0.15) is 21.0 Å². The van der Waals surface area contributed by atoms with E-state index in [9.17, 15) is 29.8 Å². The Morgan fingerprint density at radius 1 is 0.719 bits per heavy atom. The molecule has 6 heteroatoms. The van der Waals surface area contributed by atoms with Crippen LogP contribution in [0.3, 0.4) is 0 Å². The number of halogens is 2. The topological polar surface area (TPSA) is 95.2 Å². The van der Waals surface area contributed by atoms with Crippen LogP contribution in [0.15, 0.2) is 65.5 Å². The van der Waals surface area contributed by atoms with Gasteiger partial charge in [-0.3, -0.25) is 0 Å². The highest BCUT2D eigenvalue weighted by atomic mass is 19.1. The number of nitrogens with zero attached hydrogens (tertiary/aromatic N) is 4. The van der Waals surface area contributed by atoms with Crippen LogP contribution in [0.5, 0.6) is 0 Å². The molecule has 4 nitrogen and oxygen atoms in total. The van der Waals surface area contributed by atoms with E-state index in [-0.39, 0.29) is 17.1 Å². The monoisotopic (exact) mass is 416 g/mol. The van der Waals surface area contributed by atoms with Gasteiger partial charge < -0.3 is 0 Å². The summed E-state index contributed by atoms with van der Waals surface area (Å²) < 4.78 is 28.2. The van der Waals surface area contributed by atoms with Gasteiger partial charge in [0.25, 0.3) is 0 Å². The summed E-state index contributed by atoms with van der Waals surface area (Å²) in [6.45, 7) is 0. The van der Waals surface area contributed by atoms with E-state index in [1.165, 1.54) is 24.3 Å². The second kappa shape index (κ2) is 6.88. The van der Waals surface area contributed by atoms with Gasteiger partial charge in [-0.05, 0) is 75.4 Å². The van der Waals surface area contributed by atoms with Gasteiger partial charge in [0.05, 0.1) is 0 Å². The lowest BCUT2D eigenvalue weighted by atomic mass is 9.85. The van der Waals surface area contributed by atoms with Crippen LogP contribution in [0.25, 0.3) is 22.3 Å². The molecule has 2 atom stereocenters. The summed E-state index contributed by atoms with van der Waals surface area (Å²) in [4.78, 5) is 0. The first-order chi connectivity index (χ1) is 15.5. The Bertz CT molecular complexity index is 1510. The van der Waals surface area contributed by atoms with Crippen LogP contribution < -0.4 is 0 Å². The molecule has 3 aliphatic carbocycles. The maximum Gasteiger partial charge on any atom is 0.138 e. The number of fused-ring (bicyclic) bond motifs is 6. The number of hydrogen-bond donors (Lipinski definition) is 0. The van der Waals surface area contributed by atoms with Crippen molar-refractivity contribution >= 4 is 11.1 Å². The third-order valence-corrected chi connectivity index (χ3v) is 6.14. The number of hydrogen-bond acceptors (Lipinski definition) is 4. The van der Waals surface area contributed by atoms with Crippen LogP contribution in [0.2, 0.25) is 0 Å². The summed E-state index contributed by atoms with van der Waals surface area (Å²) in [7, 11) is 0. The molecule has 2 unspecified atom stereocenters. The van der Waals surface area contributed by atoms with Crippen molar-refractivity contribution in [3.8, 4) is 35.4 Å². The first-order valence-corrected chi connectivity index (χ1v) is 9.65. The third kappa shape index (κ3) is 2.48. The van der Waals surface area contributed by atoms with Gasteiger partial charge >= 0.3 is 0 Å². The standard InChI is InChI=1S/C26H10F2N4/c27-15-1-3-17-19-7-20-18-4-2-16(28)6-22(18)26(14(11-31)12-32)24(20)8-23(19)25(21(17)5-15)13(9-29)10-30/h1-8,17,21H. The third-order valence-electron chi connectivity index (χ3n) is 6.14.